The first-order valence-corrected chi connectivity index (χ1v) is 6.71. The molecule has 0 aliphatic carbocycles. The van der Waals surface area contributed by atoms with Gasteiger partial charge in [0, 0.05) is 6.42 Å². The minimum absolute atomic E-state index is 0.419. The van der Waals surface area contributed by atoms with E-state index in [0.29, 0.717) is 12.3 Å². The molecule has 1 N–H and O–H groups in total. The van der Waals surface area contributed by atoms with Crippen LogP contribution in [0.5, 0.6) is 0 Å². The van der Waals surface area contributed by atoms with E-state index in [0.717, 1.165) is 44.9 Å². The molecular weight excluding hydrogens is 200 g/mol. The minimum Gasteiger partial charge on any atom is -0.317 e. The van der Waals surface area contributed by atoms with Crippen molar-refractivity contribution >= 4 is 5.78 Å². The van der Waals surface area contributed by atoms with E-state index in [2.05, 4.69) is 24.1 Å². The summed E-state index contributed by atoms with van der Waals surface area (Å²) < 4.78 is 0. The lowest BCUT2D eigenvalue weighted by molar-refractivity contribution is -0.120. The predicted molar refractivity (Wildman–Crippen MR) is 67.6 cm³/mol. The lowest BCUT2D eigenvalue weighted by Crippen LogP contribution is -2.31. The van der Waals surface area contributed by atoms with Gasteiger partial charge < -0.3 is 5.32 Å². The molecule has 1 aliphatic rings. The molecule has 0 aromatic heterocycles. The van der Waals surface area contributed by atoms with Crippen molar-refractivity contribution in [2.75, 3.05) is 32.7 Å². The van der Waals surface area contributed by atoms with Crippen LogP contribution in [-0.4, -0.2) is 43.4 Å². The van der Waals surface area contributed by atoms with Crippen LogP contribution in [-0.2, 0) is 4.79 Å². The number of hydrogen-bond acceptors (Lipinski definition) is 3. The standard InChI is InChI=1S/C13H26N2O/c1-3-15(4-2)11-13(16)6-5-12-7-9-14-10-8-12/h12,14H,3-11H2,1-2H3. The highest BCUT2D eigenvalue weighted by Crippen LogP contribution is 2.17. The van der Waals surface area contributed by atoms with Crippen molar-refractivity contribution in [2.24, 2.45) is 5.92 Å². The number of nitrogens with one attached hydrogen (secondary N) is 1. The van der Waals surface area contributed by atoms with E-state index in [1.165, 1.54) is 12.8 Å². The fourth-order valence-electron chi connectivity index (χ4n) is 2.31. The van der Waals surface area contributed by atoms with Gasteiger partial charge in [-0.3, -0.25) is 9.69 Å². The predicted octanol–water partition coefficient (Wildman–Crippen LogP) is 1.68. The monoisotopic (exact) mass is 226 g/mol. The highest BCUT2D eigenvalue weighted by atomic mass is 16.1. The number of likely N-dealkylation sites (N-methyl/N-ethyl adjacent to an activating group) is 1. The van der Waals surface area contributed by atoms with Crippen molar-refractivity contribution in [3.05, 3.63) is 0 Å². The molecule has 0 radical (unpaired) electrons. The molecule has 0 bridgehead atoms. The Hall–Kier alpha value is -0.410. The molecule has 0 aromatic rings. The van der Waals surface area contributed by atoms with Gasteiger partial charge in [0.05, 0.1) is 6.54 Å². The van der Waals surface area contributed by atoms with Gasteiger partial charge in [-0.1, -0.05) is 13.8 Å². The number of rotatable bonds is 7. The molecule has 3 nitrogen and oxygen atoms in total. The molecule has 3 heteroatoms. The Morgan fingerprint density at radius 2 is 1.88 bits per heavy atom. The third-order valence-corrected chi connectivity index (χ3v) is 3.58. The Labute approximate surface area is 99.6 Å². The van der Waals surface area contributed by atoms with Crippen LogP contribution in [0.25, 0.3) is 0 Å². The Morgan fingerprint density at radius 1 is 1.25 bits per heavy atom. The van der Waals surface area contributed by atoms with Gasteiger partial charge in [0.15, 0.2) is 0 Å². The maximum Gasteiger partial charge on any atom is 0.146 e. The lowest BCUT2D eigenvalue weighted by Gasteiger charge is -2.23. The molecule has 1 aliphatic heterocycles. The largest absolute Gasteiger partial charge is 0.317 e. The van der Waals surface area contributed by atoms with Crippen LogP contribution in [0, 0.1) is 5.92 Å². The van der Waals surface area contributed by atoms with E-state index in [1.807, 2.05) is 0 Å². The quantitative estimate of drug-likeness (QED) is 0.717. The third-order valence-electron chi connectivity index (χ3n) is 3.58. The fraction of sp³-hybridized carbons (Fsp3) is 0.923. The second-order valence-corrected chi connectivity index (χ2v) is 4.73. The maximum atomic E-state index is 11.8. The molecule has 1 fully saturated rings. The summed E-state index contributed by atoms with van der Waals surface area (Å²) in [6, 6.07) is 0. The molecule has 0 amide bonds. The normalized spacial score (nSPS) is 17.9. The second-order valence-electron chi connectivity index (χ2n) is 4.73. The number of piperidine rings is 1. The third kappa shape index (κ3) is 5.08. The molecule has 0 saturated carbocycles. The summed E-state index contributed by atoms with van der Waals surface area (Å²) in [5, 5.41) is 3.36. The number of ketones is 1. The molecule has 1 saturated heterocycles. The van der Waals surface area contributed by atoms with E-state index in [1.54, 1.807) is 0 Å². The zero-order chi connectivity index (χ0) is 11.8. The van der Waals surface area contributed by atoms with Gasteiger partial charge >= 0.3 is 0 Å². The summed E-state index contributed by atoms with van der Waals surface area (Å²) in [5.74, 6) is 1.20. The van der Waals surface area contributed by atoms with Gasteiger partial charge in [-0.2, -0.15) is 0 Å². The fourth-order valence-corrected chi connectivity index (χ4v) is 2.31. The lowest BCUT2D eigenvalue weighted by atomic mass is 9.92. The first kappa shape index (κ1) is 13.7. The molecule has 94 valence electrons. The van der Waals surface area contributed by atoms with Crippen LogP contribution in [0.1, 0.15) is 39.5 Å². The summed E-state index contributed by atoms with van der Waals surface area (Å²) in [7, 11) is 0. The first-order valence-electron chi connectivity index (χ1n) is 6.71. The molecule has 0 aromatic carbocycles. The van der Waals surface area contributed by atoms with Crippen molar-refractivity contribution in [1.82, 2.24) is 10.2 Å². The summed E-state index contributed by atoms with van der Waals surface area (Å²) in [4.78, 5) is 14.0. The van der Waals surface area contributed by atoms with Crippen LogP contribution < -0.4 is 5.32 Å². The van der Waals surface area contributed by atoms with Crippen LogP contribution in [0.2, 0.25) is 0 Å². The van der Waals surface area contributed by atoms with Gasteiger partial charge in [0.2, 0.25) is 0 Å². The van der Waals surface area contributed by atoms with E-state index in [-0.39, 0.29) is 0 Å². The van der Waals surface area contributed by atoms with Crippen LogP contribution >= 0.6 is 0 Å². The second kappa shape index (κ2) is 7.80. The molecule has 16 heavy (non-hydrogen) atoms. The van der Waals surface area contributed by atoms with Crippen LogP contribution in [0.15, 0.2) is 0 Å². The Morgan fingerprint density at radius 3 is 2.44 bits per heavy atom. The minimum atomic E-state index is 0.419. The van der Waals surface area contributed by atoms with Crippen molar-refractivity contribution in [3.63, 3.8) is 0 Å². The molecule has 0 atom stereocenters. The van der Waals surface area contributed by atoms with Gasteiger partial charge in [0.1, 0.15) is 5.78 Å². The molecule has 1 heterocycles. The van der Waals surface area contributed by atoms with E-state index in [9.17, 15) is 4.79 Å². The number of Topliss-reactive ketones (excluding diaryl/α,β-unsaturated/α-hetero) is 1. The van der Waals surface area contributed by atoms with E-state index < -0.39 is 0 Å². The Kier molecular flexibility index (Phi) is 6.65. The average molecular weight is 226 g/mol. The smallest absolute Gasteiger partial charge is 0.146 e. The highest BCUT2D eigenvalue weighted by molar-refractivity contribution is 5.80. The number of nitrogens with zero attached hydrogens (tertiary/aromatic N) is 1. The van der Waals surface area contributed by atoms with Gasteiger partial charge in [-0.15, -0.1) is 0 Å². The Balaban J connectivity index is 2.13. The number of hydrogen-bond donors (Lipinski definition) is 1. The SMILES string of the molecule is CCN(CC)CC(=O)CCC1CCNCC1. The highest BCUT2D eigenvalue weighted by Gasteiger charge is 2.15. The molecule has 0 unspecified atom stereocenters. The Bertz CT molecular complexity index is 196. The average Bonchev–Trinajstić information content (AvgIpc) is 2.34. The van der Waals surface area contributed by atoms with Crippen molar-refractivity contribution in [1.29, 1.82) is 0 Å². The maximum absolute atomic E-state index is 11.8. The molecule has 1 rings (SSSR count). The van der Waals surface area contributed by atoms with Gasteiger partial charge in [-0.05, 0) is 51.4 Å². The zero-order valence-corrected chi connectivity index (χ0v) is 10.8. The van der Waals surface area contributed by atoms with Crippen molar-refractivity contribution < 1.29 is 4.79 Å². The molecule has 0 spiro atoms. The van der Waals surface area contributed by atoms with Gasteiger partial charge in [-0.25, -0.2) is 0 Å². The molecular formula is C13H26N2O. The first-order chi connectivity index (χ1) is 7.76. The number of carbonyl (C=O) groups excluding carboxylic acids is 1. The summed E-state index contributed by atoms with van der Waals surface area (Å²) in [6.45, 7) is 9.11. The zero-order valence-electron chi connectivity index (χ0n) is 10.8. The summed E-state index contributed by atoms with van der Waals surface area (Å²) in [6.07, 6.45) is 4.38. The topological polar surface area (TPSA) is 32.3 Å². The van der Waals surface area contributed by atoms with Crippen LogP contribution in [0.4, 0.5) is 0 Å². The van der Waals surface area contributed by atoms with E-state index >= 15 is 0 Å². The summed E-state index contributed by atoms with van der Waals surface area (Å²) >= 11 is 0. The van der Waals surface area contributed by atoms with Crippen LogP contribution in [0.3, 0.4) is 0 Å². The van der Waals surface area contributed by atoms with Crippen molar-refractivity contribution in [2.45, 2.75) is 39.5 Å². The van der Waals surface area contributed by atoms with Crippen molar-refractivity contribution in [3.8, 4) is 0 Å². The van der Waals surface area contributed by atoms with Gasteiger partial charge in [0.25, 0.3) is 0 Å². The number of carbonyl (C=O) groups is 1. The van der Waals surface area contributed by atoms with E-state index in [4.69, 9.17) is 0 Å². The summed E-state index contributed by atoms with van der Waals surface area (Å²) in [5.41, 5.74) is 0.